The first kappa shape index (κ1) is 17.5. The maximum atomic E-state index is 11.6. The topological polar surface area (TPSA) is 113 Å². The summed E-state index contributed by atoms with van der Waals surface area (Å²) in [7, 11) is 0. The number of aliphatic hydroxyl groups excluding tert-OH is 1. The Labute approximate surface area is 137 Å². The number of hydrogen-bond acceptors (Lipinski definition) is 6. The Bertz CT molecular complexity index is 541. The van der Waals surface area contributed by atoms with Crippen LogP contribution in [-0.2, 0) is 0 Å². The van der Waals surface area contributed by atoms with Crippen molar-refractivity contribution in [3.05, 3.63) is 11.8 Å². The standard InChI is InChI=1S/C16H27N5O2/c1-9(2)10(3)19-15-13(14(17)23)8-18-16(21-15)20-11-4-6-12(22)7-5-11/h8-12,22H,4-7H2,1-3H3,(H2,17,23)(H2,18,19,20,21)/t10-,11?,12?/m0/s1. The van der Waals surface area contributed by atoms with E-state index in [0.717, 1.165) is 25.7 Å². The molecule has 5 N–H and O–H groups in total. The third-order valence-electron chi connectivity index (χ3n) is 4.45. The van der Waals surface area contributed by atoms with Crippen molar-refractivity contribution < 1.29 is 9.90 Å². The van der Waals surface area contributed by atoms with Crippen LogP contribution < -0.4 is 16.4 Å². The van der Waals surface area contributed by atoms with Crippen molar-refractivity contribution in [2.75, 3.05) is 10.6 Å². The van der Waals surface area contributed by atoms with Crippen molar-refractivity contribution in [3.63, 3.8) is 0 Å². The summed E-state index contributed by atoms with van der Waals surface area (Å²) in [5.41, 5.74) is 5.70. The molecule has 1 amide bonds. The molecule has 1 fully saturated rings. The molecule has 0 radical (unpaired) electrons. The van der Waals surface area contributed by atoms with E-state index in [1.54, 1.807) is 0 Å². The monoisotopic (exact) mass is 321 g/mol. The van der Waals surface area contributed by atoms with E-state index < -0.39 is 5.91 Å². The van der Waals surface area contributed by atoms with Crippen LogP contribution >= 0.6 is 0 Å². The Morgan fingerprint density at radius 2 is 1.96 bits per heavy atom. The average Bonchev–Trinajstić information content (AvgIpc) is 2.49. The molecule has 7 heteroatoms. The second-order valence-corrected chi connectivity index (χ2v) is 6.65. The number of carbonyl (C=O) groups is 1. The number of nitrogens with zero attached hydrogens (tertiary/aromatic N) is 2. The third kappa shape index (κ3) is 4.79. The Morgan fingerprint density at radius 3 is 2.52 bits per heavy atom. The van der Waals surface area contributed by atoms with Gasteiger partial charge in [-0.15, -0.1) is 0 Å². The highest BCUT2D eigenvalue weighted by atomic mass is 16.3. The molecule has 1 heterocycles. The summed E-state index contributed by atoms with van der Waals surface area (Å²) in [6.45, 7) is 6.22. The maximum Gasteiger partial charge on any atom is 0.254 e. The zero-order chi connectivity index (χ0) is 17.0. The molecule has 0 saturated heterocycles. The molecule has 0 aromatic carbocycles. The number of primary amides is 1. The highest BCUT2D eigenvalue weighted by molar-refractivity contribution is 5.97. The smallest absolute Gasteiger partial charge is 0.254 e. The molecule has 0 unspecified atom stereocenters. The van der Waals surface area contributed by atoms with Gasteiger partial charge in [-0.05, 0) is 38.5 Å². The summed E-state index contributed by atoms with van der Waals surface area (Å²) in [5, 5.41) is 16.1. The van der Waals surface area contributed by atoms with E-state index in [1.165, 1.54) is 6.20 Å². The van der Waals surface area contributed by atoms with Crippen molar-refractivity contribution in [2.45, 2.75) is 64.6 Å². The highest BCUT2D eigenvalue weighted by Gasteiger charge is 2.21. The fourth-order valence-electron chi connectivity index (χ4n) is 2.53. The van der Waals surface area contributed by atoms with Gasteiger partial charge in [0, 0.05) is 18.3 Å². The minimum Gasteiger partial charge on any atom is -0.393 e. The van der Waals surface area contributed by atoms with Crippen LogP contribution in [-0.4, -0.2) is 39.2 Å². The van der Waals surface area contributed by atoms with Crippen molar-refractivity contribution in [1.29, 1.82) is 0 Å². The number of aromatic nitrogens is 2. The fourth-order valence-corrected chi connectivity index (χ4v) is 2.53. The van der Waals surface area contributed by atoms with Crippen LogP contribution in [0, 0.1) is 5.92 Å². The Kier molecular flexibility index (Phi) is 5.76. The molecular formula is C16H27N5O2. The Hall–Kier alpha value is -1.89. The zero-order valence-electron chi connectivity index (χ0n) is 14.0. The molecular weight excluding hydrogens is 294 g/mol. The summed E-state index contributed by atoms with van der Waals surface area (Å²) in [6.07, 6.45) is 4.60. The summed E-state index contributed by atoms with van der Waals surface area (Å²) in [6, 6.07) is 0.397. The highest BCUT2D eigenvalue weighted by Crippen LogP contribution is 2.22. The van der Waals surface area contributed by atoms with Crippen LogP contribution in [0.5, 0.6) is 0 Å². The van der Waals surface area contributed by atoms with Crippen molar-refractivity contribution >= 4 is 17.7 Å². The SMILES string of the molecule is CC(C)[C@H](C)Nc1nc(NC2CCC(O)CC2)ncc1C(N)=O. The predicted molar refractivity (Wildman–Crippen MR) is 90.4 cm³/mol. The largest absolute Gasteiger partial charge is 0.393 e. The van der Waals surface area contributed by atoms with Crippen LogP contribution in [0.1, 0.15) is 56.8 Å². The van der Waals surface area contributed by atoms with Crippen molar-refractivity contribution in [1.82, 2.24) is 9.97 Å². The summed E-state index contributed by atoms with van der Waals surface area (Å²) >= 11 is 0. The maximum absolute atomic E-state index is 11.6. The van der Waals surface area contributed by atoms with E-state index in [9.17, 15) is 9.90 Å². The molecule has 2 rings (SSSR count). The van der Waals surface area contributed by atoms with E-state index in [1.807, 2.05) is 6.92 Å². The van der Waals surface area contributed by atoms with Gasteiger partial charge >= 0.3 is 0 Å². The molecule has 1 aliphatic rings. The minimum absolute atomic E-state index is 0.153. The Balaban J connectivity index is 2.13. The van der Waals surface area contributed by atoms with E-state index >= 15 is 0 Å². The van der Waals surface area contributed by atoms with Gasteiger partial charge in [-0.3, -0.25) is 4.79 Å². The number of hydrogen-bond donors (Lipinski definition) is 4. The van der Waals surface area contributed by atoms with Crippen molar-refractivity contribution in [2.24, 2.45) is 11.7 Å². The van der Waals surface area contributed by atoms with Gasteiger partial charge < -0.3 is 21.5 Å². The van der Waals surface area contributed by atoms with E-state index in [0.29, 0.717) is 23.2 Å². The number of nitrogens with one attached hydrogen (secondary N) is 2. The van der Waals surface area contributed by atoms with Crippen LogP contribution in [0.2, 0.25) is 0 Å². The van der Waals surface area contributed by atoms with E-state index in [4.69, 9.17) is 5.73 Å². The summed E-state index contributed by atoms with van der Waals surface area (Å²) in [5.74, 6) is 0.791. The quantitative estimate of drug-likeness (QED) is 0.635. The van der Waals surface area contributed by atoms with Gasteiger partial charge in [0.05, 0.1) is 11.7 Å². The van der Waals surface area contributed by atoms with Gasteiger partial charge in [-0.25, -0.2) is 4.98 Å². The number of anilines is 2. The molecule has 1 aromatic rings. The number of rotatable bonds is 6. The molecule has 0 bridgehead atoms. The van der Waals surface area contributed by atoms with Crippen LogP contribution in [0.4, 0.5) is 11.8 Å². The first-order valence-corrected chi connectivity index (χ1v) is 8.24. The first-order chi connectivity index (χ1) is 10.9. The van der Waals surface area contributed by atoms with Gasteiger partial charge in [-0.1, -0.05) is 13.8 Å². The second kappa shape index (κ2) is 7.59. The number of nitrogens with two attached hydrogens (primary N) is 1. The fraction of sp³-hybridized carbons (Fsp3) is 0.688. The van der Waals surface area contributed by atoms with Gasteiger partial charge in [0.25, 0.3) is 5.91 Å². The van der Waals surface area contributed by atoms with Gasteiger partial charge in [0.15, 0.2) is 0 Å². The van der Waals surface area contributed by atoms with Gasteiger partial charge in [-0.2, -0.15) is 4.98 Å². The lowest BCUT2D eigenvalue weighted by molar-refractivity contribution is 0.1000. The number of amides is 1. The molecule has 1 aromatic heterocycles. The summed E-state index contributed by atoms with van der Waals surface area (Å²) < 4.78 is 0. The second-order valence-electron chi connectivity index (χ2n) is 6.65. The normalized spacial score (nSPS) is 22.7. The van der Waals surface area contributed by atoms with Crippen LogP contribution in [0.3, 0.4) is 0 Å². The van der Waals surface area contributed by atoms with Gasteiger partial charge in [0.1, 0.15) is 5.82 Å². The molecule has 23 heavy (non-hydrogen) atoms. The minimum atomic E-state index is -0.546. The van der Waals surface area contributed by atoms with Crippen molar-refractivity contribution in [3.8, 4) is 0 Å². The lowest BCUT2D eigenvalue weighted by atomic mass is 9.93. The molecule has 0 aliphatic heterocycles. The van der Waals surface area contributed by atoms with Crippen LogP contribution in [0.25, 0.3) is 0 Å². The molecule has 1 atom stereocenters. The zero-order valence-corrected chi connectivity index (χ0v) is 14.0. The lowest BCUT2D eigenvalue weighted by Crippen LogP contribution is -2.30. The molecule has 0 spiro atoms. The van der Waals surface area contributed by atoms with E-state index in [2.05, 4.69) is 34.4 Å². The number of aliphatic hydroxyl groups is 1. The number of carbonyl (C=O) groups excluding carboxylic acids is 1. The lowest BCUT2D eigenvalue weighted by Gasteiger charge is -2.26. The molecule has 1 saturated carbocycles. The average molecular weight is 321 g/mol. The first-order valence-electron chi connectivity index (χ1n) is 8.24. The molecule has 7 nitrogen and oxygen atoms in total. The molecule has 1 aliphatic carbocycles. The third-order valence-corrected chi connectivity index (χ3v) is 4.45. The predicted octanol–water partition coefficient (Wildman–Crippen LogP) is 1.75. The van der Waals surface area contributed by atoms with E-state index in [-0.39, 0.29) is 18.2 Å². The van der Waals surface area contributed by atoms with Gasteiger partial charge in [0.2, 0.25) is 5.95 Å². The summed E-state index contributed by atoms with van der Waals surface area (Å²) in [4.78, 5) is 20.2. The van der Waals surface area contributed by atoms with Crippen LogP contribution in [0.15, 0.2) is 6.20 Å². The molecule has 128 valence electrons. The Morgan fingerprint density at radius 1 is 1.30 bits per heavy atom.